The van der Waals surface area contributed by atoms with E-state index in [1.165, 1.54) is 94.9 Å². The maximum atomic E-state index is 10.2. The molecule has 0 unspecified atom stereocenters. The average molecular weight is 547 g/mol. The first-order valence-corrected chi connectivity index (χ1v) is 13.6. The monoisotopic (exact) mass is 546 g/mol. The number of carbonyl (C=O) groups is 2. The van der Waals surface area contributed by atoms with E-state index in [1.807, 2.05) is 0 Å². The summed E-state index contributed by atoms with van der Waals surface area (Å²) in [5.74, 6) is -1.19. The van der Waals surface area contributed by atoms with Gasteiger partial charge in [0.05, 0.1) is 12.6 Å². The normalized spacial score (nSPS) is 10.4. The molecule has 0 aromatic heterocycles. The van der Waals surface area contributed by atoms with Gasteiger partial charge in [0, 0.05) is 6.42 Å². The Balaban J connectivity index is -0.000000759. The van der Waals surface area contributed by atoms with Gasteiger partial charge in [-0.25, -0.2) is 8.42 Å². The molecule has 0 aliphatic heterocycles. The zero-order valence-electron chi connectivity index (χ0n) is 22.1. The Bertz CT molecular complexity index is 743. The molecule has 0 aliphatic rings. The fraction of sp³-hybridized carbons (Fsp3) is 0.680. The fourth-order valence-electron chi connectivity index (χ4n) is 3.39. The molecule has 1 aromatic carbocycles. The van der Waals surface area contributed by atoms with E-state index < -0.39 is 16.4 Å². The Morgan fingerprint density at radius 2 is 1.11 bits per heavy atom. The van der Waals surface area contributed by atoms with Gasteiger partial charge in [0.25, 0.3) is 0 Å². The second kappa shape index (κ2) is 28.0. The summed E-state index contributed by atoms with van der Waals surface area (Å²) < 4.78 is 34.8. The van der Waals surface area contributed by atoms with E-state index in [0.29, 0.717) is 6.42 Å². The Hall–Kier alpha value is 0.0300. The molecule has 0 spiro atoms. The predicted molar refractivity (Wildman–Crippen MR) is 128 cm³/mol. The van der Waals surface area contributed by atoms with Crippen LogP contribution in [0.25, 0.3) is 0 Å². The van der Waals surface area contributed by atoms with Gasteiger partial charge in [0.15, 0.2) is 0 Å². The van der Waals surface area contributed by atoms with Crippen molar-refractivity contribution in [3.63, 3.8) is 0 Å². The summed E-state index contributed by atoms with van der Waals surface area (Å²) in [6, 6.07) is 5.16. The summed E-state index contributed by atoms with van der Waals surface area (Å²) in [7, 11) is -4.51. The quantitative estimate of drug-likeness (QED) is 0.0697. The molecule has 11 heteroatoms. The van der Waals surface area contributed by atoms with Crippen molar-refractivity contribution in [3.05, 3.63) is 29.8 Å². The van der Waals surface area contributed by atoms with Gasteiger partial charge in [-0.2, -0.15) is 0 Å². The van der Waals surface area contributed by atoms with E-state index >= 15 is 0 Å². The Labute approximate surface area is 261 Å². The van der Waals surface area contributed by atoms with Gasteiger partial charge in [-0.1, -0.05) is 83.5 Å². The van der Waals surface area contributed by atoms with Crippen molar-refractivity contribution in [2.45, 2.75) is 103 Å². The van der Waals surface area contributed by atoms with Gasteiger partial charge >= 0.3 is 59.1 Å². The van der Waals surface area contributed by atoms with E-state index in [-0.39, 0.29) is 77.0 Å². The SMILES string of the molecule is O=C([O-])c1ccc(O)cc1.O=CCCCCCCCCCCCCCCCCCOS(=O)(=O)[O-].[Na+].[Na+]. The second-order valence-corrected chi connectivity index (χ2v) is 9.38. The third-order valence-electron chi connectivity index (χ3n) is 5.30. The van der Waals surface area contributed by atoms with E-state index in [2.05, 4.69) is 4.18 Å². The average Bonchev–Trinajstić information content (AvgIpc) is 2.78. The molecular formula is C25H40Na2O8S. The fourth-order valence-corrected chi connectivity index (χ4v) is 3.71. The largest absolute Gasteiger partial charge is 1.00 e. The number of aromatic carboxylic acids is 1. The van der Waals surface area contributed by atoms with Crippen LogP contribution >= 0.6 is 0 Å². The molecule has 196 valence electrons. The van der Waals surface area contributed by atoms with E-state index in [4.69, 9.17) is 5.11 Å². The molecular weight excluding hydrogens is 506 g/mol. The van der Waals surface area contributed by atoms with Crippen LogP contribution in [-0.2, 0) is 19.4 Å². The number of carboxylic acids is 1. The minimum Gasteiger partial charge on any atom is -0.726 e. The molecule has 1 rings (SSSR count). The number of phenols is 1. The molecule has 0 amide bonds. The molecule has 0 radical (unpaired) electrons. The molecule has 36 heavy (non-hydrogen) atoms. The van der Waals surface area contributed by atoms with Crippen molar-refractivity contribution in [1.82, 2.24) is 0 Å². The Kier molecular flexibility index (Phi) is 31.6. The van der Waals surface area contributed by atoms with Crippen LogP contribution in [0.4, 0.5) is 0 Å². The summed E-state index contributed by atoms with van der Waals surface area (Å²) in [6.45, 7) is 0.0168. The topological polar surface area (TPSA) is 144 Å². The van der Waals surface area contributed by atoms with Crippen LogP contribution in [0.15, 0.2) is 24.3 Å². The molecule has 8 nitrogen and oxygen atoms in total. The summed E-state index contributed by atoms with van der Waals surface area (Å²) in [5.41, 5.74) is 0.0674. The van der Waals surface area contributed by atoms with Gasteiger partial charge in [-0.3, -0.25) is 4.18 Å². The van der Waals surface area contributed by atoms with Crippen LogP contribution in [0.5, 0.6) is 5.75 Å². The number of benzene rings is 1. The molecule has 0 aliphatic carbocycles. The van der Waals surface area contributed by atoms with Crippen LogP contribution in [0.3, 0.4) is 0 Å². The van der Waals surface area contributed by atoms with Crippen molar-refractivity contribution in [3.8, 4) is 5.75 Å². The Morgan fingerprint density at radius 1 is 0.750 bits per heavy atom. The third kappa shape index (κ3) is 30.3. The van der Waals surface area contributed by atoms with Crippen molar-refractivity contribution < 1.29 is 96.1 Å². The predicted octanol–water partition coefficient (Wildman–Crippen LogP) is -1.33. The van der Waals surface area contributed by atoms with Crippen LogP contribution < -0.4 is 64.2 Å². The number of carboxylic acid groups (broad SMARTS) is 1. The number of carbonyl (C=O) groups excluding carboxylic acids is 2. The minimum atomic E-state index is -4.51. The number of aromatic hydroxyl groups is 1. The number of hydrogen-bond acceptors (Lipinski definition) is 8. The van der Waals surface area contributed by atoms with Crippen molar-refractivity contribution >= 4 is 22.7 Å². The minimum absolute atomic E-state index is 0. The summed E-state index contributed by atoms with van der Waals surface area (Å²) in [6.07, 6.45) is 19.4. The van der Waals surface area contributed by atoms with Gasteiger partial charge < -0.3 is 24.4 Å². The van der Waals surface area contributed by atoms with Gasteiger partial charge in [0.2, 0.25) is 10.4 Å². The van der Waals surface area contributed by atoms with Gasteiger partial charge in [0.1, 0.15) is 12.0 Å². The van der Waals surface area contributed by atoms with Crippen LogP contribution in [-0.4, -0.2) is 36.9 Å². The summed E-state index contributed by atoms with van der Waals surface area (Å²) in [4.78, 5) is 20.3. The van der Waals surface area contributed by atoms with Crippen LogP contribution in [0, 0.1) is 0 Å². The van der Waals surface area contributed by atoms with Crippen molar-refractivity contribution in [2.24, 2.45) is 0 Å². The first kappa shape index (κ1) is 40.5. The molecule has 1 aromatic rings. The molecule has 0 bridgehead atoms. The van der Waals surface area contributed by atoms with Crippen molar-refractivity contribution in [2.75, 3.05) is 6.61 Å². The maximum Gasteiger partial charge on any atom is 1.00 e. The zero-order valence-corrected chi connectivity index (χ0v) is 26.9. The molecule has 0 fully saturated rings. The molecule has 0 saturated carbocycles. The Morgan fingerprint density at radius 3 is 1.44 bits per heavy atom. The summed E-state index contributed by atoms with van der Waals surface area (Å²) >= 11 is 0. The number of unbranched alkanes of at least 4 members (excludes halogenated alkanes) is 15. The number of phenolic OH excluding ortho intramolecular Hbond substituents is 1. The number of aldehydes is 1. The number of hydrogen-bond donors (Lipinski definition) is 1. The van der Waals surface area contributed by atoms with E-state index in [1.54, 1.807) is 0 Å². The maximum absolute atomic E-state index is 10.2. The third-order valence-corrected chi connectivity index (χ3v) is 5.75. The molecule has 1 N–H and O–H groups in total. The molecule has 0 heterocycles. The standard InChI is InChI=1S/C18H36O5S.C7H6O3.2Na/c19-17-15-13-11-9-7-5-3-1-2-4-6-8-10-12-14-16-18-23-24(20,21)22;8-6-3-1-5(2-4-6)7(9)10;;/h17H,1-16,18H2,(H,20,21,22);1-4,8H,(H,9,10);;/q;;2*+1/p-2. The first-order chi connectivity index (χ1) is 16.3. The summed E-state index contributed by atoms with van der Waals surface area (Å²) in [5, 5.41) is 18.8. The van der Waals surface area contributed by atoms with Crippen LogP contribution in [0.1, 0.15) is 113 Å². The second-order valence-electron chi connectivity index (χ2n) is 8.32. The zero-order chi connectivity index (χ0) is 25.5. The van der Waals surface area contributed by atoms with Gasteiger partial charge in [-0.15, -0.1) is 0 Å². The first-order valence-electron chi connectivity index (χ1n) is 12.3. The smallest absolute Gasteiger partial charge is 0.726 e. The van der Waals surface area contributed by atoms with Crippen molar-refractivity contribution in [1.29, 1.82) is 0 Å². The van der Waals surface area contributed by atoms with E-state index in [9.17, 15) is 27.7 Å². The van der Waals surface area contributed by atoms with E-state index in [0.717, 1.165) is 32.0 Å². The van der Waals surface area contributed by atoms with Crippen LogP contribution in [0.2, 0.25) is 0 Å². The molecule has 0 saturated heterocycles. The number of rotatable bonds is 20. The molecule has 0 atom stereocenters. The van der Waals surface area contributed by atoms with Gasteiger partial charge in [-0.05, 0) is 42.7 Å².